The van der Waals surface area contributed by atoms with Gasteiger partial charge in [0.15, 0.2) is 0 Å². The number of hydrogen-bond acceptors (Lipinski definition) is 6. The molecule has 0 radical (unpaired) electrons. The Balaban J connectivity index is 1.50. The molecule has 1 aliphatic rings. The Morgan fingerprint density at radius 3 is 2.54 bits per heavy atom. The highest BCUT2D eigenvalue weighted by atomic mass is 32.1. The van der Waals surface area contributed by atoms with E-state index in [0.717, 1.165) is 41.9 Å². The lowest BCUT2D eigenvalue weighted by Gasteiger charge is -2.33. The molecule has 0 spiro atoms. The van der Waals surface area contributed by atoms with Gasteiger partial charge in [0, 0.05) is 38.6 Å². The lowest BCUT2D eigenvalue weighted by molar-refractivity contribution is -0.122. The Morgan fingerprint density at radius 2 is 1.88 bits per heavy atom. The number of piperazine rings is 1. The minimum Gasteiger partial charge on any atom is -0.353 e. The fourth-order valence-electron chi connectivity index (χ4n) is 2.89. The van der Waals surface area contributed by atoms with E-state index < -0.39 is 0 Å². The Bertz CT molecular complexity index is 725. The van der Waals surface area contributed by atoms with Crippen LogP contribution >= 0.6 is 11.3 Å². The van der Waals surface area contributed by atoms with Crippen molar-refractivity contribution < 1.29 is 9.18 Å². The van der Waals surface area contributed by atoms with Gasteiger partial charge in [-0.25, -0.2) is 4.39 Å². The van der Waals surface area contributed by atoms with Crippen molar-refractivity contribution in [1.29, 1.82) is 0 Å². The van der Waals surface area contributed by atoms with Gasteiger partial charge in [0.25, 0.3) is 0 Å². The molecule has 1 N–H and O–H groups in total. The fraction of sp³-hybridized carbons (Fsp3) is 0.500. The number of amides is 1. The van der Waals surface area contributed by atoms with E-state index in [0.29, 0.717) is 13.0 Å². The molecule has 1 fully saturated rings. The van der Waals surface area contributed by atoms with Crippen molar-refractivity contribution in [2.24, 2.45) is 0 Å². The van der Waals surface area contributed by atoms with Crippen LogP contribution in [0.15, 0.2) is 24.3 Å². The second-order valence-electron chi connectivity index (χ2n) is 6.77. The number of aromatic nitrogens is 2. The highest BCUT2D eigenvalue weighted by molar-refractivity contribution is 7.15. The Kier molecular flexibility index (Phi) is 6.16. The minimum absolute atomic E-state index is 0.0750. The predicted octanol–water partition coefficient (Wildman–Crippen LogP) is 1.91. The summed E-state index contributed by atoms with van der Waals surface area (Å²) in [4.78, 5) is 16.2. The first kappa shape index (κ1) is 18.7. The number of nitrogens with one attached hydrogen (secondary N) is 1. The summed E-state index contributed by atoms with van der Waals surface area (Å²) >= 11 is 1.57. The number of carbonyl (C=O) groups excluding carboxylic acids is 1. The zero-order valence-electron chi connectivity index (χ0n) is 15.1. The molecule has 0 aliphatic carbocycles. The smallest absolute Gasteiger partial charge is 0.234 e. The molecule has 0 saturated carbocycles. The molecule has 1 saturated heterocycles. The standard InChI is InChI=1S/C18H24FN5OS/c1-13(2)20-16(25)12-23-7-9-24(10-8-23)18-22-21-17(26-18)11-14-3-5-15(19)6-4-14/h3-6,13H,7-12H2,1-2H3,(H,20,25). The third-order valence-electron chi connectivity index (χ3n) is 4.18. The molecule has 6 nitrogen and oxygen atoms in total. The maximum atomic E-state index is 13.0. The summed E-state index contributed by atoms with van der Waals surface area (Å²) in [6.07, 6.45) is 0.660. The molecule has 1 aromatic heterocycles. The van der Waals surface area contributed by atoms with Crippen LogP contribution in [0.4, 0.5) is 9.52 Å². The van der Waals surface area contributed by atoms with Crippen LogP contribution in [0.3, 0.4) is 0 Å². The first-order chi connectivity index (χ1) is 12.5. The predicted molar refractivity (Wildman–Crippen MR) is 101 cm³/mol. The van der Waals surface area contributed by atoms with Gasteiger partial charge in [-0.3, -0.25) is 9.69 Å². The lowest BCUT2D eigenvalue weighted by Crippen LogP contribution is -2.50. The fourth-order valence-corrected chi connectivity index (χ4v) is 3.81. The van der Waals surface area contributed by atoms with Crippen LogP contribution < -0.4 is 10.2 Å². The van der Waals surface area contributed by atoms with Gasteiger partial charge in [0.1, 0.15) is 10.8 Å². The molecule has 3 rings (SSSR count). The number of carbonyl (C=O) groups is 1. The third kappa shape index (κ3) is 5.22. The van der Waals surface area contributed by atoms with Crippen LogP contribution in [0.2, 0.25) is 0 Å². The first-order valence-corrected chi connectivity index (χ1v) is 9.65. The normalized spacial score (nSPS) is 15.5. The number of benzene rings is 1. The second-order valence-corrected chi connectivity index (χ2v) is 7.81. The van der Waals surface area contributed by atoms with Gasteiger partial charge >= 0.3 is 0 Å². The van der Waals surface area contributed by atoms with Crippen LogP contribution in [0, 0.1) is 5.82 Å². The number of anilines is 1. The van der Waals surface area contributed by atoms with Crippen molar-refractivity contribution in [1.82, 2.24) is 20.4 Å². The van der Waals surface area contributed by atoms with Crippen molar-refractivity contribution in [3.8, 4) is 0 Å². The summed E-state index contributed by atoms with van der Waals surface area (Å²) in [7, 11) is 0. The van der Waals surface area contributed by atoms with Crippen molar-refractivity contribution >= 4 is 22.4 Å². The minimum atomic E-state index is -0.230. The summed E-state index contributed by atoms with van der Waals surface area (Å²) in [5.74, 6) is -0.155. The molecule has 0 atom stereocenters. The summed E-state index contributed by atoms with van der Waals surface area (Å²) < 4.78 is 13.0. The molecule has 0 unspecified atom stereocenters. The molecule has 26 heavy (non-hydrogen) atoms. The monoisotopic (exact) mass is 377 g/mol. The van der Waals surface area contributed by atoms with Gasteiger partial charge in [0.2, 0.25) is 11.0 Å². The Hall–Kier alpha value is -2.06. The van der Waals surface area contributed by atoms with Crippen LogP contribution in [0.25, 0.3) is 0 Å². The van der Waals surface area contributed by atoms with Crippen LogP contribution in [0.1, 0.15) is 24.4 Å². The van der Waals surface area contributed by atoms with Crippen LogP contribution in [-0.2, 0) is 11.2 Å². The molecule has 2 aromatic rings. The van der Waals surface area contributed by atoms with Gasteiger partial charge in [-0.2, -0.15) is 0 Å². The van der Waals surface area contributed by atoms with E-state index in [4.69, 9.17) is 0 Å². The number of halogens is 1. The van der Waals surface area contributed by atoms with Gasteiger partial charge in [-0.15, -0.1) is 10.2 Å². The Morgan fingerprint density at radius 1 is 1.19 bits per heavy atom. The van der Waals surface area contributed by atoms with Crippen LogP contribution in [0.5, 0.6) is 0 Å². The van der Waals surface area contributed by atoms with E-state index in [1.54, 1.807) is 23.5 Å². The maximum absolute atomic E-state index is 13.0. The Labute approximate surface area is 157 Å². The van der Waals surface area contributed by atoms with Crippen LogP contribution in [-0.4, -0.2) is 59.8 Å². The van der Waals surface area contributed by atoms with Crippen molar-refractivity contribution in [2.45, 2.75) is 26.3 Å². The summed E-state index contributed by atoms with van der Waals surface area (Å²) in [6, 6.07) is 6.65. The number of nitrogens with zero attached hydrogens (tertiary/aromatic N) is 4. The lowest BCUT2D eigenvalue weighted by atomic mass is 10.2. The maximum Gasteiger partial charge on any atom is 0.234 e. The van der Waals surface area contributed by atoms with Gasteiger partial charge in [-0.1, -0.05) is 23.5 Å². The van der Waals surface area contributed by atoms with Crippen molar-refractivity contribution in [3.63, 3.8) is 0 Å². The topological polar surface area (TPSA) is 61.4 Å². The van der Waals surface area contributed by atoms with Gasteiger partial charge in [0.05, 0.1) is 6.54 Å². The van der Waals surface area contributed by atoms with E-state index >= 15 is 0 Å². The van der Waals surface area contributed by atoms with E-state index in [1.165, 1.54) is 12.1 Å². The summed E-state index contributed by atoms with van der Waals surface area (Å²) in [5.41, 5.74) is 1.02. The third-order valence-corrected chi connectivity index (χ3v) is 5.17. The zero-order chi connectivity index (χ0) is 18.5. The van der Waals surface area contributed by atoms with Gasteiger partial charge < -0.3 is 10.2 Å². The summed E-state index contributed by atoms with van der Waals surface area (Å²) in [6.45, 7) is 7.71. The molecular weight excluding hydrogens is 353 g/mol. The number of rotatable bonds is 6. The van der Waals surface area contributed by atoms with Crippen molar-refractivity contribution in [2.75, 3.05) is 37.6 Å². The second kappa shape index (κ2) is 8.55. The first-order valence-electron chi connectivity index (χ1n) is 8.83. The molecule has 1 aromatic carbocycles. The molecule has 0 bridgehead atoms. The van der Waals surface area contributed by atoms with Crippen molar-refractivity contribution in [3.05, 3.63) is 40.7 Å². The van der Waals surface area contributed by atoms with E-state index in [-0.39, 0.29) is 17.8 Å². The average molecular weight is 377 g/mol. The molecular formula is C18H24FN5OS. The SMILES string of the molecule is CC(C)NC(=O)CN1CCN(c2nnc(Cc3ccc(F)cc3)s2)CC1. The molecule has 1 amide bonds. The molecule has 140 valence electrons. The van der Waals surface area contributed by atoms with E-state index in [9.17, 15) is 9.18 Å². The largest absolute Gasteiger partial charge is 0.353 e. The average Bonchev–Trinajstić information content (AvgIpc) is 3.05. The molecule has 8 heteroatoms. The highest BCUT2D eigenvalue weighted by Crippen LogP contribution is 2.23. The number of hydrogen-bond donors (Lipinski definition) is 1. The molecule has 2 heterocycles. The summed E-state index contributed by atoms with van der Waals surface area (Å²) in [5, 5.41) is 13.3. The van der Waals surface area contributed by atoms with E-state index in [2.05, 4.69) is 25.3 Å². The molecule has 1 aliphatic heterocycles. The quantitative estimate of drug-likeness (QED) is 0.833. The van der Waals surface area contributed by atoms with E-state index in [1.807, 2.05) is 13.8 Å². The van der Waals surface area contributed by atoms with Gasteiger partial charge in [-0.05, 0) is 31.5 Å². The highest BCUT2D eigenvalue weighted by Gasteiger charge is 2.21. The zero-order valence-corrected chi connectivity index (χ0v) is 15.9.